The number of fused-ring (bicyclic) bond motifs is 2. The number of H-pyrrole nitrogens is 2. The van der Waals surface area contributed by atoms with Gasteiger partial charge in [-0.15, -0.1) is 0 Å². The number of rotatable bonds is 6. The fourth-order valence-electron chi connectivity index (χ4n) is 4.07. The van der Waals surface area contributed by atoms with Crippen molar-refractivity contribution in [1.82, 2.24) is 24.8 Å². The molecule has 7 nitrogen and oxygen atoms in total. The number of hydrogen-bond donors (Lipinski definition) is 2. The molecule has 0 aliphatic heterocycles. The number of halogens is 2. The van der Waals surface area contributed by atoms with Crippen LogP contribution in [0.25, 0.3) is 21.8 Å². The Labute approximate surface area is 193 Å². The highest BCUT2D eigenvalue weighted by Crippen LogP contribution is 2.36. The minimum atomic E-state index is -0.222. The van der Waals surface area contributed by atoms with Crippen LogP contribution in [0.5, 0.6) is 0 Å². The zero-order chi connectivity index (χ0) is 22.4. The molecule has 32 heavy (non-hydrogen) atoms. The van der Waals surface area contributed by atoms with Crippen LogP contribution in [0.15, 0.2) is 46.0 Å². The molecule has 0 bridgehead atoms. The average Bonchev–Trinajstić information content (AvgIpc) is 3.59. The molecule has 1 atom stereocenters. The van der Waals surface area contributed by atoms with Gasteiger partial charge in [-0.05, 0) is 62.1 Å². The summed E-state index contributed by atoms with van der Waals surface area (Å²) in [5.74, 6) is 1.70. The van der Waals surface area contributed by atoms with Gasteiger partial charge in [0.25, 0.3) is 11.1 Å². The van der Waals surface area contributed by atoms with Gasteiger partial charge in [0.05, 0.1) is 34.9 Å². The molecule has 1 aliphatic carbocycles. The third kappa shape index (κ3) is 4.28. The van der Waals surface area contributed by atoms with Gasteiger partial charge in [0.15, 0.2) is 0 Å². The molecule has 164 valence electrons. The number of nitrogens with one attached hydrogen (secondary N) is 2. The van der Waals surface area contributed by atoms with Crippen molar-refractivity contribution >= 4 is 45.0 Å². The Bertz CT molecular complexity index is 1340. The van der Waals surface area contributed by atoms with Gasteiger partial charge in [-0.3, -0.25) is 14.5 Å². The van der Waals surface area contributed by atoms with Crippen molar-refractivity contribution in [3.8, 4) is 0 Å². The van der Waals surface area contributed by atoms with Gasteiger partial charge in [0.1, 0.15) is 11.6 Å². The molecular weight excluding hydrogens is 449 g/mol. The van der Waals surface area contributed by atoms with E-state index in [1.807, 2.05) is 0 Å². The summed E-state index contributed by atoms with van der Waals surface area (Å²) < 4.78 is 0. The van der Waals surface area contributed by atoms with Crippen LogP contribution in [0.4, 0.5) is 0 Å². The van der Waals surface area contributed by atoms with Crippen LogP contribution in [0.2, 0.25) is 10.0 Å². The third-order valence-corrected chi connectivity index (χ3v) is 6.49. The van der Waals surface area contributed by atoms with E-state index >= 15 is 0 Å². The maximum Gasteiger partial charge on any atom is 0.258 e. The van der Waals surface area contributed by atoms with Crippen LogP contribution in [0, 0.1) is 5.92 Å². The lowest BCUT2D eigenvalue weighted by Gasteiger charge is -2.28. The summed E-state index contributed by atoms with van der Waals surface area (Å²) in [6.07, 6.45) is 2.33. The standard InChI is InChI=1S/C23H21Cl2N5O2/c1-12(13-2-3-13)30(10-20-26-18-6-4-14(24)8-16(18)22(31)28-20)11-21-27-19-7-5-15(25)9-17(19)23(32)29-21/h4-9,12-13H,2-3,10-11H2,1H3,(H,26,28,31)(H,27,29,32)/t12-/m1/s1. The molecule has 5 rings (SSSR count). The van der Waals surface area contributed by atoms with Crippen molar-refractivity contribution in [3.05, 3.63) is 78.8 Å². The van der Waals surface area contributed by atoms with Crippen LogP contribution in [0.3, 0.4) is 0 Å². The number of hydrogen-bond acceptors (Lipinski definition) is 5. The van der Waals surface area contributed by atoms with Crippen molar-refractivity contribution in [2.45, 2.75) is 38.9 Å². The minimum absolute atomic E-state index is 0.222. The molecule has 0 radical (unpaired) electrons. The highest BCUT2D eigenvalue weighted by molar-refractivity contribution is 6.31. The summed E-state index contributed by atoms with van der Waals surface area (Å²) >= 11 is 12.0. The molecule has 2 N–H and O–H groups in total. The summed E-state index contributed by atoms with van der Waals surface area (Å²) in [6, 6.07) is 10.4. The molecule has 1 fully saturated rings. The molecule has 2 aromatic carbocycles. The van der Waals surface area contributed by atoms with E-state index in [2.05, 4.69) is 31.8 Å². The second kappa shape index (κ2) is 8.31. The lowest BCUT2D eigenvalue weighted by Crippen LogP contribution is -2.36. The normalized spacial score (nSPS) is 15.0. The number of aromatic nitrogens is 4. The number of aromatic amines is 2. The Kier molecular flexibility index (Phi) is 5.49. The highest BCUT2D eigenvalue weighted by atomic mass is 35.5. The summed E-state index contributed by atoms with van der Waals surface area (Å²) in [4.78, 5) is 42.4. The number of benzene rings is 2. The maximum atomic E-state index is 12.6. The van der Waals surface area contributed by atoms with Gasteiger partial charge in [0.2, 0.25) is 0 Å². The number of nitrogens with zero attached hydrogens (tertiary/aromatic N) is 3. The van der Waals surface area contributed by atoms with Gasteiger partial charge >= 0.3 is 0 Å². The molecule has 2 heterocycles. The van der Waals surface area contributed by atoms with Gasteiger partial charge < -0.3 is 9.97 Å². The van der Waals surface area contributed by atoms with Crippen molar-refractivity contribution < 1.29 is 0 Å². The zero-order valence-electron chi connectivity index (χ0n) is 17.4. The first-order valence-electron chi connectivity index (χ1n) is 10.5. The van der Waals surface area contributed by atoms with Gasteiger partial charge in [-0.1, -0.05) is 23.2 Å². The Morgan fingerprint density at radius 3 is 1.81 bits per heavy atom. The van der Waals surface area contributed by atoms with Crippen LogP contribution >= 0.6 is 23.2 Å². The lowest BCUT2D eigenvalue weighted by atomic mass is 10.1. The highest BCUT2D eigenvalue weighted by Gasteiger charge is 2.32. The van der Waals surface area contributed by atoms with E-state index in [1.54, 1.807) is 36.4 Å². The van der Waals surface area contributed by atoms with Gasteiger partial charge in [0, 0.05) is 16.1 Å². The largest absolute Gasteiger partial charge is 0.309 e. The molecule has 0 unspecified atom stereocenters. The lowest BCUT2D eigenvalue weighted by molar-refractivity contribution is 0.163. The van der Waals surface area contributed by atoms with Crippen molar-refractivity contribution in [1.29, 1.82) is 0 Å². The van der Waals surface area contributed by atoms with E-state index in [4.69, 9.17) is 23.2 Å². The molecule has 1 saturated carbocycles. The predicted molar refractivity (Wildman–Crippen MR) is 126 cm³/mol. The summed E-state index contributed by atoms with van der Waals surface area (Å²) in [7, 11) is 0. The Hall–Kier alpha value is -2.74. The Balaban J connectivity index is 1.49. The van der Waals surface area contributed by atoms with Crippen molar-refractivity contribution in [2.75, 3.05) is 0 Å². The Morgan fingerprint density at radius 1 is 0.906 bits per heavy atom. The third-order valence-electron chi connectivity index (χ3n) is 6.02. The fourth-order valence-corrected chi connectivity index (χ4v) is 4.42. The van der Waals surface area contributed by atoms with Crippen LogP contribution in [-0.2, 0) is 13.1 Å². The molecule has 9 heteroatoms. The van der Waals surface area contributed by atoms with Gasteiger partial charge in [-0.2, -0.15) is 0 Å². The molecule has 0 saturated heterocycles. The first-order valence-corrected chi connectivity index (χ1v) is 11.2. The average molecular weight is 470 g/mol. The monoisotopic (exact) mass is 469 g/mol. The van der Waals surface area contributed by atoms with Crippen LogP contribution < -0.4 is 11.1 Å². The molecule has 1 aliphatic rings. The molecule has 0 amide bonds. The Morgan fingerprint density at radius 2 is 1.38 bits per heavy atom. The van der Waals surface area contributed by atoms with E-state index < -0.39 is 0 Å². The molecular formula is C23H21Cl2N5O2. The molecule has 4 aromatic rings. The fraction of sp³-hybridized carbons (Fsp3) is 0.304. The summed E-state index contributed by atoms with van der Waals surface area (Å²) in [5, 5.41) is 1.91. The van der Waals surface area contributed by atoms with E-state index in [-0.39, 0.29) is 17.2 Å². The minimum Gasteiger partial charge on any atom is -0.309 e. The van der Waals surface area contributed by atoms with E-state index in [0.29, 0.717) is 62.5 Å². The topological polar surface area (TPSA) is 94.7 Å². The second-order valence-electron chi connectivity index (χ2n) is 8.33. The quantitative estimate of drug-likeness (QED) is 0.439. The van der Waals surface area contributed by atoms with Crippen LogP contribution in [-0.4, -0.2) is 30.9 Å². The predicted octanol–water partition coefficient (Wildman–Crippen LogP) is 4.27. The summed E-state index contributed by atoms with van der Waals surface area (Å²) in [6.45, 7) is 3.01. The van der Waals surface area contributed by atoms with E-state index in [1.165, 1.54) is 0 Å². The zero-order valence-corrected chi connectivity index (χ0v) is 18.9. The molecule has 0 spiro atoms. The SMILES string of the molecule is C[C@H](C1CC1)N(Cc1nc2ccc(Cl)cc2c(=O)[nH]1)Cc1nc2ccc(Cl)cc2c(=O)[nH]1. The second-order valence-corrected chi connectivity index (χ2v) is 9.20. The first-order chi connectivity index (χ1) is 15.4. The molecule has 2 aromatic heterocycles. The first kappa shape index (κ1) is 21.1. The maximum absolute atomic E-state index is 12.6. The van der Waals surface area contributed by atoms with E-state index in [9.17, 15) is 9.59 Å². The van der Waals surface area contributed by atoms with Crippen molar-refractivity contribution in [3.63, 3.8) is 0 Å². The smallest absolute Gasteiger partial charge is 0.258 e. The van der Waals surface area contributed by atoms with Gasteiger partial charge in [-0.25, -0.2) is 9.97 Å². The van der Waals surface area contributed by atoms with Crippen molar-refractivity contribution in [2.24, 2.45) is 5.92 Å². The van der Waals surface area contributed by atoms with E-state index in [0.717, 1.165) is 12.8 Å². The summed E-state index contributed by atoms with van der Waals surface area (Å²) in [5.41, 5.74) is 0.754. The van der Waals surface area contributed by atoms with Crippen LogP contribution in [0.1, 0.15) is 31.4 Å².